The van der Waals surface area contributed by atoms with Crippen molar-refractivity contribution < 1.29 is 19.4 Å². The lowest BCUT2D eigenvalue weighted by molar-refractivity contribution is -0.136. The standard InChI is InChI=1S/C17H17N3O4/c1-11(12-7-9-13(21)10-8-12)19-20-17(23)16(22)18-14-5-3-4-6-15(14)24-2/h3-10,21H,1-2H3,(H,18,22)(H,20,23). The predicted molar refractivity (Wildman–Crippen MR) is 90.1 cm³/mol. The number of carbonyl (C=O) groups excluding carboxylic acids is 2. The van der Waals surface area contributed by atoms with E-state index < -0.39 is 11.8 Å². The number of phenols is 1. The first kappa shape index (κ1) is 17.0. The Kier molecular flexibility index (Phi) is 5.51. The molecule has 0 unspecified atom stereocenters. The molecule has 0 radical (unpaired) electrons. The summed E-state index contributed by atoms with van der Waals surface area (Å²) in [6.07, 6.45) is 0. The zero-order valence-corrected chi connectivity index (χ0v) is 13.2. The number of para-hydroxylation sites is 2. The maximum atomic E-state index is 11.9. The van der Waals surface area contributed by atoms with Gasteiger partial charge in [0.2, 0.25) is 0 Å². The van der Waals surface area contributed by atoms with Crippen LogP contribution in [-0.2, 0) is 9.59 Å². The highest BCUT2D eigenvalue weighted by Crippen LogP contribution is 2.22. The molecule has 0 aliphatic carbocycles. The Bertz CT molecular complexity index is 770. The highest BCUT2D eigenvalue weighted by Gasteiger charge is 2.15. The van der Waals surface area contributed by atoms with Gasteiger partial charge in [0.05, 0.1) is 18.5 Å². The second-order valence-electron chi connectivity index (χ2n) is 4.84. The molecule has 7 nitrogen and oxygen atoms in total. The second-order valence-corrected chi connectivity index (χ2v) is 4.84. The number of rotatable bonds is 4. The Morgan fingerprint density at radius 2 is 1.71 bits per heavy atom. The van der Waals surface area contributed by atoms with Crippen LogP contribution >= 0.6 is 0 Å². The van der Waals surface area contributed by atoms with Gasteiger partial charge in [0, 0.05) is 0 Å². The first-order valence-electron chi connectivity index (χ1n) is 7.09. The maximum absolute atomic E-state index is 11.9. The van der Waals surface area contributed by atoms with Crippen molar-refractivity contribution >= 4 is 23.2 Å². The molecule has 0 aliphatic heterocycles. The van der Waals surface area contributed by atoms with Gasteiger partial charge in [-0.25, -0.2) is 5.43 Å². The van der Waals surface area contributed by atoms with Crippen LogP contribution < -0.4 is 15.5 Å². The Balaban J connectivity index is 2.00. The summed E-state index contributed by atoms with van der Waals surface area (Å²) in [5.74, 6) is -1.19. The van der Waals surface area contributed by atoms with Crippen LogP contribution in [-0.4, -0.2) is 29.7 Å². The molecule has 3 N–H and O–H groups in total. The van der Waals surface area contributed by atoms with Crippen molar-refractivity contribution in [2.75, 3.05) is 12.4 Å². The summed E-state index contributed by atoms with van der Waals surface area (Å²) < 4.78 is 5.10. The summed E-state index contributed by atoms with van der Waals surface area (Å²) in [5.41, 5.74) is 3.78. The van der Waals surface area contributed by atoms with Crippen LogP contribution in [0.3, 0.4) is 0 Å². The molecule has 0 saturated carbocycles. The zero-order chi connectivity index (χ0) is 17.5. The molecule has 0 saturated heterocycles. The summed E-state index contributed by atoms with van der Waals surface area (Å²) >= 11 is 0. The number of ether oxygens (including phenoxy) is 1. The number of nitrogens with one attached hydrogen (secondary N) is 2. The van der Waals surface area contributed by atoms with E-state index in [2.05, 4.69) is 15.8 Å². The van der Waals surface area contributed by atoms with Crippen molar-refractivity contribution in [3.8, 4) is 11.5 Å². The third-order valence-electron chi connectivity index (χ3n) is 3.17. The largest absolute Gasteiger partial charge is 0.508 e. The van der Waals surface area contributed by atoms with E-state index in [1.807, 2.05) is 0 Å². The van der Waals surface area contributed by atoms with Crippen LogP contribution in [0.2, 0.25) is 0 Å². The van der Waals surface area contributed by atoms with Gasteiger partial charge in [-0.1, -0.05) is 12.1 Å². The molecular formula is C17H17N3O4. The minimum absolute atomic E-state index is 0.131. The van der Waals surface area contributed by atoms with Crippen molar-refractivity contribution in [3.05, 3.63) is 54.1 Å². The molecule has 24 heavy (non-hydrogen) atoms. The molecule has 0 aliphatic rings. The predicted octanol–water partition coefficient (Wildman–Crippen LogP) is 1.88. The minimum atomic E-state index is -0.904. The normalized spacial score (nSPS) is 10.8. The molecule has 0 atom stereocenters. The fourth-order valence-electron chi connectivity index (χ4n) is 1.88. The molecule has 0 heterocycles. The van der Waals surface area contributed by atoms with Gasteiger partial charge in [-0.05, 0) is 48.9 Å². The molecule has 0 aromatic heterocycles. The molecule has 0 bridgehead atoms. The van der Waals surface area contributed by atoms with Crippen LogP contribution in [0.1, 0.15) is 12.5 Å². The molecule has 7 heteroatoms. The van der Waals surface area contributed by atoms with Crippen LogP contribution in [0.25, 0.3) is 0 Å². The number of amides is 2. The number of methoxy groups -OCH3 is 1. The van der Waals surface area contributed by atoms with Crippen LogP contribution in [0.4, 0.5) is 5.69 Å². The molecule has 124 valence electrons. The lowest BCUT2D eigenvalue weighted by Gasteiger charge is -2.09. The molecule has 2 rings (SSSR count). The summed E-state index contributed by atoms with van der Waals surface area (Å²) in [6, 6.07) is 13.1. The molecule has 0 spiro atoms. The van der Waals surface area contributed by atoms with Gasteiger partial charge in [-0.15, -0.1) is 0 Å². The number of carbonyl (C=O) groups is 2. The third-order valence-corrected chi connectivity index (χ3v) is 3.17. The van der Waals surface area contributed by atoms with Crippen LogP contribution in [0.15, 0.2) is 53.6 Å². The second kappa shape index (κ2) is 7.77. The Hall–Kier alpha value is -3.35. The van der Waals surface area contributed by atoms with Gasteiger partial charge in [0.25, 0.3) is 0 Å². The van der Waals surface area contributed by atoms with Gasteiger partial charge >= 0.3 is 11.8 Å². The smallest absolute Gasteiger partial charge is 0.329 e. The number of hydrogen-bond acceptors (Lipinski definition) is 5. The first-order valence-corrected chi connectivity index (χ1v) is 7.09. The zero-order valence-electron chi connectivity index (χ0n) is 13.2. The molecule has 2 aromatic rings. The SMILES string of the molecule is COc1ccccc1NC(=O)C(=O)NN=C(C)c1ccc(O)cc1. The number of aromatic hydroxyl groups is 1. The number of hydrazone groups is 1. The number of benzene rings is 2. The number of nitrogens with zero attached hydrogens (tertiary/aromatic N) is 1. The fraction of sp³-hybridized carbons (Fsp3) is 0.118. The van der Waals surface area contributed by atoms with E-state index in [4.69, 9.17) is 4.74 Å². The van der Waals surface area contributed by atoms with Crippen molar-refractivity contribution in [2.24, 2.45) is 5.10 Å². The highest BCUT2D eigenvalue weighted by molar-refractivity contribution is 6.39. The highest BCUT2D eigenvalue weighted by atomic mass is 16.5. The van der Waals surface area contributed by atoms with Gasteiger partial charge < -0.3 is 15.2 Å². The quantitative estimate of drug-likeness (QED) is 0.453. The summed E-state index contributed by atoms with van der Waals surface area (Å²) in [4.78, 5) is 23.7. The van der Waals surface area contributed by atoms with Gasteiger partial charge in [-0.3, -0.25) is 9.59 Å². The molecule has 0 fully saturated rings. The average Bonchev–Trinajstić information content (AvgIpc) is 2.60. The Morgan fingerprint density at radius 1 is 1.04 bits per heavy atom. The topological polar surface area (TPSA) is 100 Å². The van der Waals surface area contributed by atoms with Crippen LogP contribution in [0.5, 0.6) is 11.5 Å². The average molecular weight is 327 g/mol. The van der Waals surface area contributed by atoms with E-state index in [0.717, 1.165) is 0 Å². The van der Waals surface area contributed by atoms with E-state index in [1.165, 1.54) is 19.2 Å². The van der Waals surface area contributed by atoms with E-state index in [-0.39, 0.29) is 5.75 Å². The molecule has 2 amide bonds. The van der Waals surface area contributed by atoms with Crippen molar-refractivity contribution in [3.63, 3.8) is 0 Å². The fourth-order valence-corrected chi connectivity index (χ4v) is 1.88. The van der Waals surface area contributed by atoms with Crippen molar-refractivity contribution in [1.82, 2.24) is 5.43 Å². The summed E-state index contributed by atoms with van der Waals surface area (Å²) in [7, 11) is 1.47. The molecule has 2 aromatic carbocycles. The maximum Gasteiger partial charge on any atom is 0.329 e. The Morgan fingerprint density at radius 3 is 2.38 bits per heavy atom. The summed E-state index contributed by atoms with van der Waals surface area (Å²) in [6.45, 7) is 1.67. The van der Waals surface area contributed by atoms with Gasteiger partial charge in [-0.2, -0.15) is 5.10 Å². The number of anilines is 1. The van der Waals surface area contributed by atoms with E-state index >= 15 is 0 Å². The summed E-state index contributed by atoms with van der Waals surface area (Å²) in [5, 5.41) is 15.6. The Labute approximate surface area is 139 Å². The van der Waals surface area contributed by atoms with Crippen molar-refractivity contribution in [2.45, 2.75) is 6.92 Å². The molecular weight excluding hydrogens is 310 g/mol. The van der Waals surface area contributed by atoms with E-state index in [0.29, 0.717) is 22.7 Å². The lowest BCUT2D eigenvalue weighted by Crippen LogP contribution is -2.33. The third kappa shape index (κ3) is 4.33. The van der Waals surface area contributed by atoms with E-state index in [1.54, 1.807) is 43.3 Å². The first-order chi connectivity index (χ1) is 11.5. The van der Waals surface area contributed by atoms with E-state index in [9.17, 15) is 14.7 Å². The minimum Gasteiger partial charge on any atom is -0.508 e. The lowest BCUT2D eigenvalue weighted by atomic mass is 10.1. The number of phenolic OH excluding ortho intramolecular Hbond substituents is 1. The number of hydrogen-bond donors (Lipinski definition) is 3. The van der Waals surface area contributed by atoms with Gasteiger partial charge in [0.1, 0.15) is 11.5 Å². The van der Waals surface area contributed by atoms with Crippen LogP contribution in [0, 0.1) is 0 Å². The van der Waals surface area contributed by atoms with Crippen molar-refractivity contribution in [1.29, 1.82) is 0 Å². The van der Waals surface area contributed by atoms with Gasteiger partial charge in [0.15, 0.2) is 0 Å². The monoisotopic (exact) mass is 327 g/mol.